The number of rotatable bonds is 2. The summed E-state index contributed by atoms with van der Waals surface area (Å²) in [5.74, 6) is 0. The lowest BCUT2D eigenvalue weighted by Gasteiger charge is -1.97. The van der Waals surface area contributed by atoms with Gasteiger partial charge in [0.15, 0.2) is 0 Å². The summed E-state index contributed by atoms with van der Waals surface area (Å²) in [6.45, 7) is 1.97. The van der Waals surface area contributed by atoms with Gasteiger partial charge in [-0.3, -0.25) is 0 Å². The van der Waals surface area contributed by atoms with E-state index in [2.05, 4.69) is 22.4 Å². The van der Waals surface area contributed by atoms with E-state index in [1.54, 1.807) is 11.3 Å². The number of aromatic nitrogens is 1. The number of nitrogens with zero attached hydrogens (tertiary/aromatic N) is 3. The van der Waals surface area contributed by atoms with E-state index in [1.165, 1.54) is 10.2 Å². The minimum atomic E-state index is 0.774. The summed E-state index contributed by atoms with van der Waals surface area (Å²) in [4.78, 5) is 0. The highest BCUT2D eigenvalue weighted by Gasteiger charge is 2.15. The molecule has 1 aromatic heterocycles. The van der Waals surface area contributed by atoms with Gasteiger partial charge in [0.25, 0.3) is 0 Å². The van der Waals surface area contributed by atoms with Gasteiger partial charge in [-0.1, -0.05) is 12.1 Å². The molecule has 2 N–H and O–H groups in total. The Morgan fingerprint density at radius 1 is 1.10 bits per heavy atom. The lowest BCUT2D eigenvalue weighted by Crippen LogP contribution is -2.25. The fourth-order valence-electron chi connectivity index (χ4n) is 2.00. The first-order chi connectivity index (χ1) is 9.65. The van der Waals surface area contributed by atoms with Crippen molar-refractivity contribution in [2.75, 3.05) is 5.73 Å². The number of anilines is 1. The Morgan fingerprint density at radius 2 is 1.90 bits per heavy atom. The van der Waals surface area contributed by atoms with Gasteiger partial charge in [0.2, 0.25) is 0 Å². The van der Waals surface area contributed by atoms with E-state index < -0.39 is 0 Å². The molecule has 0 fully saturated rings. The molecule has 4 nitrogen and oxygen atoms in total. The lowest BCUT2D eigenvalue weighted by molar-refractivity contribution is -0.627. The Labute approximate surface area is 121 Å². The molecule has 0 aliphatic rings. The molecule has 0 aliphatic carbocycles. The predicted octanol–water partition coefficient (Wildman–Crippen LogP) is 4.03. The molecule has 100 valence electrons. The number of hydrogen-bond acceptors (Lipinski definition) is 4. The number of aryl methyl sites for hydroxylation is 2. The molecule has 2 aromatic carbocycles. The minimum absolute atomic E-state index is 0.774. The molecule has 0 spiro atoms. The van der Waals surface area contributed by atoms with Gasteiger partial charge in [0.1, 0.15) is 11.2 Å². The molecule has 0 amide bonds. The second-order valence-corrected chi connectivity index (χ2v) is 5.66. The van der Waals surface area contributed by atoms with Gasteiger partial charge in [-0.15, -0.1) is 0 Å². The zero-order valence-electron chi connectivity index (χ0n) is 11.4. The van der Waals surface area contributed by atoms with E-state index in [0.29, 0.717) is 0 Å². The third-order valence-electron chi connectivity index (χ3n) is 3.22. The first-order valence-corrected chi connectivity index (χ1v) is 7.12. The highest BCUT2D eigenvalue weighted by molar-refractivity contribution is 7.21. The fraction of sp³-hybridized carbons (Fsp3) is 0.133. The fourth-order valence-corrected chi connectivity index (χ4v) is 2.97. The van der Waals surface area contributed by atoms with Crippen molar-refractivity contribution in [1.82, 2.24) is 0 Å². The second kappa shape index (κ2) is 5.02. The summed E-state index contributed by atoms with van der Waals surface area (Å²) < 4.78 is 3.26. The first kappa shape index (κ1) is 12.7. The van der Waals surface area contributed by atoms with Gasteiger partial charge >= 0.3 is 5.13 Å². The van der Waals surface area contributed by atoms with Crippen LogP contribution in [0.15, 0.2) is 52.7 Å². The van der Waals surface area contributed by atoms with Crippen LogP contribution in [0.25, 0.3) is 10.2 Å². The van der Waals surface area contributed by atoms with Crippen LogP contribution in [0.5, 0.6) is 0 Å². The monoisotopic (exact) mass is 283 g/mol. The number of fused-ring (bicyclic) bond motifs is 1. The van der Waals surface area contributed by atoms with Crippen molar-refractivity contribution in [2.45, 2.75) is 6.92 Å². The zero-order chi connectivity index (χ0) is 14.1. The molecule has 0 radical (unpaired) electrons. The van der Waals surface area contributed by atoms with Gasteiger partial charge in [0.05, 0.1) is 16.9 Å². The van der Waals surface area contributed by atoms with Crippen molar-refractivity contribution < 1.29 is 4.57 Å². The highest BCUT2D eigenvalue weighted by Crippen LogP contribution is 2.27. The number of thiazole rings is 1. The molecule has 0 unspecified atom stereocenters. The molecular formula is C15H15N4S+. The van der Waals surface area contributed by atoms with E-state index in [4.69, 9.17) is 5.73 Å². The van der Waals surface area contributed by atoms with Crippen LogP contribution in [-0.2, 0) is 7.05 Å². The Morgan fingerprint density at radius 3 is 2.65 bits per heavy atom. The van der Waals surface area contributed by atoms with Gasteiger partial charge in [-0.25, -0.2) is 4.57 Å². The average Bonchev–Trinajstić information content (AvgIpc) is 2.77. The van der Waals surface area contributed by atoms with E-state index in [-0.39, 0.29) is 0 Å². The summed E-state index contributed by atoms with van der Waals surface area (Å²) in [6, 6.07) is 13.9. The van der Waals surface area contributed by atoms with Crippen LogP contribution in [0.2, 0.25) is 0 Å². The number of para-hydroxylation sites is 1. The van der Waals surface area contributed by atoms with E-state index in [9.17, 15) is 0 Å². The van der Waals surface area contributed by atoms with Crippen molar-refractivity contribution in [3.05, 3.63) is 48.0 Å². The van der Waals surface area contributed by atoms with Crippen molar-refractivity contribution >= 4 is 38.1 Å². The largest absolute Gasteiger partial charge is 0.409 e. The summed E-state index contributed by atoms with van der Waals surface area (Å²) >= 11 is 1.63. The number of azo groups is 1. The van der Waals surface area contributed by atoms with Crippen molar-refractivity contribution in [2.24, 2.45) is 17.3 Å². The molecule has 20 heavy (non-hydrogen) atoms. The second-order valence-electron chi connectivity index (χ2n) is 4.65. The molecule has 0 saturated heterocycles. The Kier molecular flexibility index (Phi) is 3.20. The molecule has 3 rings (SSSR count). The van der Waals surface area contributed by atoms with Crippen LogP contribution in [0.1, 0.15) is 5.56 Å². The number of benzene rings is 2. The molecule has 1 heterocycles. The van der Waals surface area contributed by atoms with Gasteiger partial charge in [-0.05, 0) is 59.3 Å². The third kappa shape index (κ3) is 2.28. The van der Waals surface area contributed by atoms with Gasteiger partial charge < -0.3 is 5.73 Å². The molecule has 5 heteroatoms. The van der Waals surface area contributed by atoms with Crippen LogP contribution in [0.3, 0.4) is 0 Å². The molecule has 0 bridgehead atoms. The standard InChI is InChI=1S/C15H14N4S/c1-10-9-11(7-8-12(10)16)17-18-15-19(2)13-5-3-4-6-14(13)20-15/h3-9,16H,1-2H3/p+1. The Hall–Kier alpha value is -2.27. The SMILES string of the molecule is Cc1cc(N=Nc2sc3ccccc3[n+]2C)ccc1N. The summed E-state index contributed by atoms with van der Waals surface area (Å²) in [5, 5.41) is 9.52. The molecule has 0 aliphatic heterocycles. The van der Waals surface area contributed by atoms with Crippen LogP contribution >= 0.6 is 11.3 Å². The lowest BCUT2D eigenvalue weighted by atomic mass is 10.2. The molecular weight excluding hydrogens is 268 g/mol. The van der Waals surface area contributed by atoms with Gasteiger partial charge in [0, 0.05) is 5.69 Å². The van der Waals surface area contributed by atoms with Crippen LogP contribution in [-0.4, -0.2) is 0 Å². The topological polar surface area (TPSA) is 54.6 Å². The number of nitrogens with two attached hydrogens (primary N) is 1. The summed E-state index contributed by atoms with van der Waals surface area (Å²) in [7, 11) is 2.00. The van der Waals surface area contributed by atoms with Crippen molar-refractivity contribution in [3.8, 4) is 0 Å². The Bertz CT molecular complexity index is 805. The normalized spacial score (nSPS) is 11.5. The molecule has 0 saturated carbocycles. The number of hydrogen-bond donors (Lipinski definition) is 1. The van der Waals surface area contributed by atoms with Crippen molar-refractivity contribution in [1.29, 1.82) is 0 Å². The maximum absolute atomic E-state index is 5.80. The van der Waals surface area contributed by atoms with Crippen LogP contribution < -0.4 is 10.3 Å². The van der Waals surface area contributed by atoms with E-state index in [1.807, 2.05) is 48.9 Å². The Balaban J connectivity index is 1.98. The maximum Gasteiger partial charge on any atom is 0.409 e. The molecule has 0 atom stereocenters. The van der Waals surface area contributed by atoms with E-state index in [0.717, 1.165) is 22.1 Å². The number of nitrogen functional groups attached to an aromatic ring is 1. The maximum atomic E-state index is 5.80. The van der Waals surface area contributed by atoms with E-state index >= 15 is 0 Å². The van der Waals surface area contributed by atoms with Gasteiger partial charge in [-0.2, -0.15) is 0 Å². The van der Waals surface area contributed by atoms with Crippen molar-refractivity contribution in [3.63, 3.8) is 0 Å². The average molecular weight is 283 g/mol. The minimum Gasteiger partial charge on any atom is -0.399 e. The predicted molar refractivity (Wildman–Crippen MR) is 82.8 cm³/mol. The zero-order valence-corrected chi connectivity index (χ0v) is 12.2. The van der Waals surface area contributed by atoms with Crippen LogP contribution in [0, 0.1) is 6.92 Å². The van der Waals surface area contributed by atoms with Crippen LogP contribution in [0.4, 0.5) is 16.5 Å². The summed E-state index contributed by atoms with van der Waals surface area (Å²) in [6.07, 6.45) is 0. The highest BCUT2D eigenvalue weighted by atomic mass is 32.1. The summed E-state index contributed by atoms with van der Waals surface area (Å²) in [5.41, 5.74) is 9.57. The first-order valence-electron chi connectivity index (χ1n) is 6.30. The quantitative estimate of drug-likeness (QED) is 0.431. The smallest absolute Gasteiger partial charge is 0.399 e. The molecule has 3 aromatic rings. The third-order valence-corrected chi connectivity index (χ3v) is 4.32.